The van der Waals surface area contributed by atoms with E-state index in [-0.39, 0.29) is 27.5 Å². The van der Waals surface area contributed by atoms with Crippen molar-refractivity contribution in [2.75, 3.05) is 11.1 Å². The van der Waals surface area contributed by atoms with Gasteiger partial charge < -0.3 is 4.42 Å². The predicted octanol–water partition coefficient (Wildman–Crippen LogP) is 4.43. The van der Waals surface area contributed by atoms with Crippen molar-refractivity contribution in [2.45, 2.75) is 19.0 Å². The van der Waals surface area contributed by atoms with Crippen LogP contribution in [-0.4, -0.2) is 29.4 Å². The van der Waals surface area contributed by atoms with E-state index in [1.54, 1.807) is 56.3 Å². The molecule has 1 N–H and O–H groups in total. The maximum atomic E-state index is 12.4. The van der Waals surface area contributed by atoms with Gasteiger partial charge in [0.1, 0.15) is 23.2 Å². The topological polar surface area (TPSA) is 126 Å². The minimum absolute atomic E-state index is 0.0187. The second-order valence-corrected chi connectivity index (χ2v) is 10.0. The summed E-state index contributed by atoms with van der Waals surface area (Å²) >= 11 is 6.60. The summed E-state index contributed by atoms with van der Waals surface area (Å²) in [6, 6.07) is 12.1. The lowest BCUT2D eigenvalue weighted by Gasteiger charge is -2.02. The molecular formula is C20H17ClN4O4S2. The van der Waals surface area contributed by atoms with Gasteiger partial charge in [0.05, 0.1) is 5.75 Å². The summed E-state index contributed by atoms with van der Waals surface area (Å²) < 4.78 is 33.9. The molecule has 2 aromatic heterocycles. The zero-order valence-corrected chi connectivity index (χ0v) is 18.9. The number of benzene rings is 1. The van der Waals surface area contributed by atoms with Crippen LogP contribution >= 0.6 is 23.1 Å². The van der Waals surface area contributed by atoms with Crippen molar-refractivity contribution in [3.63, 3.8) is 0 Å². The van der Waals surface area contributed by atoms with Crippen LogP contribution in [0.2, 0.25) is 5.02 Å². The van der Waals surface area contributed by atoms with Crippen molar-refractivity contribution in [3.05, 3.63) is 52.8 Å². The molecule has 1 aromatic carbocycles. The van der Waals surface area contributed by atoms with E-state index in [1.807, 2.05) is 0 Å². The number of furan rings is 1. The zero-order valence-electron chi connectivity index (χ0n) is 16.5. The number of aromatic nitrogens is 2. The largest absolute Gasteiger partial charge is 0.457 e. The number of rotatable bonds is 7. The van der Waals surface area contributed by atoms with Gasteiger partial charge in [0.25, 0.3) is 11.1 Å². The standard InChI is InChI=1S/C20H17ClN4O4S2/c1-12(2)11-31(27,28)20-24-19(30-25-20)23-18(26)14(10-22)9-16-7-8-17(29-16)13-3-5-15(21)6-4-13/h3-9,12H,11H2,1-2H3,(H,23,24,25,26). The molecular weight excluding hydrogens is 460 g/mol. The van der Waals surface area contributed by atoms with Gasteiger partial charge in [-0.25, -0.2) is 8.42 Å². The molecule has 0 radical (unpaired) electrons. The van der Waals surface area contributed by atoms with Gasteiger partial charge in [-0.05, 0) is 42.3 Å². The van der Waals surface area contributed by atoms with Crippen molar-refractivity contribution in [1.82, 2.24) is 9.36 Å². The van der Waals surface area contributed by atoms with Crippen LogP contribution in [0.15, 0.2) is 51.5 Å². The number of amides is 1. The summed E-state index contributed by atoms with van der Waals surface area (Å²) in [7, 11) is -3.64. The second kappa shape index (κ2) is 9.43. The minimum atomic E-state index is -3.64. The van der Waals surface area contributed by atoms with E-state index in [1.165, 1.54) is 6.08 Å². The summed E-state index contributed by atoms with van der Waals surface area (Å²) in [5, 5.41) is 12.0. The van der Waals surface area contributed by atoms with Gasteiger partial charge in [0.15, 0.2) is 0 Å². The Balaban J connectivity index is 1.75. The number of halogens is 1. The zero-order chi connectivity index (χ0) is 22.6. The molecule has 160 valence electrons. The number of nitriles is 1. The molecule has 0 fully saturated rings. The normalized spacial score (nSPS) is 12.0. The second-order valence-electron chi connectivity index (χ2n) is 6.89. The van der Waals surface area contributed by atoms with Crippen molar-refractivity contribution in [1.29, 1.82) is 5.26 Å². The first kappa shape index (κ1) is 22.7. The van der Waals surface area contributed by atoms with E-state index in [9.17, 15) is 18.5 Å². The molecule has 11 heteroatoms. The van der Waals surface area contributed by atoms with Crippen LogP contribution in [0.4, 0.5) is 5.13 Å². The van der Waals surface area contributed by atoms with E-state index in [0.29, 0.717) is 16.5 Å². The molecule has 3 rings (SSSR count). The van der Waals surface area contributed by atoms with Gasteiger partial charge in [0.2, 0.25) is 15.0 Å². The molecule has 3 aromatic rings. The third-order valence-corrected chi connectivity index (χ3v) is 6.71. The predicted molar refractivity (Wildman–Crippen MR) is 118 cm³/mol. The van der Waals surface area contributed by atoms with Crippen LogP contribution in [0.1, 0.15) is 19.6 Å². The molecule has 0 unspecified atom stereocenters. The van der Waals surface area contributed by atoms with E-state index < -0.39 is 15.7 Å². The van der Waals surface area contributed by atoms with Gasteiger partial charge in [0, 0.05) is 28.2 Å². The van der Waals surface area contributed by atoms with Crippen LogP contribution in [0.3, 0.4) is 0 Å². The van der Waals surface area contributed by atoms with Gasteiger partial charge in [-0.2, -0.15) is 14.6 Å². The first-order chi connectivity index (χ1) is 14.7. The highest BCUT2D eigenvalue weighted by Crippen LogP contribution is 2.25. The first-order valence-electron chi connectivity index (χ1n) is 9.03. The third kappa shape index (κ3) is 5.79. The number of hydrogen-bond acceptors (Lipinski definition) is 8. The summed E-state index contributed by atoms with van der Waals surface area (Å²) in [5.41, 5.74) is 0.551. The lowest BCUT2D eigenvalue weighted by Crippen LogP contribution is -2.15. The molecule has 0 aliphatic carbocycles. The quantitative estimate of drug-likeness (QED) is 0.394. The molecule has 0 aliphatic heterocycles. The molecule has 0 atom stereocenters. The number of anilines is 1. The fourth-order valence-corrected chi connectivity index (χ4v) is 5.03. The Morgan fingerprint density at radius 2 is 2.00 bits per heavy atom. The van der Waals surface area contributed by atoms with Crippen LogP contribution < -0.4 is 5.32 Å². The first-order valence-corrected chi connectivity index (χ1v) is 11.8. The fraction of sp³-hybridized carbons (Fsp3) is 0.200. The molecule has 0 spiro atoms. The highest BCUT2D eigenvalue weighted by atomic mass is 35.5. The van der Waals surface area contributed by atoms with Gasteiger partial charge in [-0.15, -0.1) is 0 Å². The number of carbonyl (C=O) groups is 1. The fourth-order valence-electron chi connectivity index (χ4n) is 2.56. The number of hydrogen-bond donors (Lipinski definition) is 1. The molecule has 0 saturated carbocycles. The van der Waals surface area contributed by atoms with Crippen LogP contribution in [0.25, 0.3) is 17.4 Å². The van der Waals surface area contributed by atoms with Crippen molar-refractivity contribution in [2.24, 2.45) is 5.92 Å². The van der Waals surface area contributed by atoms with Gasteiger partial charge >= 0.3 is 0 Å². The van der Waals surface area contributed by atoms with E-state index in [2.05, 4.69) is 14.7 Å². The molecule has 31 heavy (non-hydrogen) atoms. The molecule has 0 aliphatic rings. The molecule has 0 saturated heterocycles. The number of carbonyl (C=O) groups excluding carboxylic acids is 1. The Morgan fingerprint density at radius 1 is 1.29 bits per heavy atom. The third-order valence-electron chi connectivity index (χ3n) is 3.87. The monoisotopic (exact) mass is 476 g/mol. The van der Waals surface area contributed by atoms with E-state index >= 15 is 0 Å². The summed E-state index contributed by atoms with van der Waals surface area (Å²) in [6.45, 7) is 3.53. The average molecular weight is 477 g/mol. The van der Waals surface area contributed by atoms with Gasteiger partial charge in [-0.1, -0.05) is 25.4 Å². The lowest BCUT2D eigenvalue weighted by atomic mass is 10.2. The summed E-state index contributed by atoms with van der Waals surface area (Å²) in [5.74, 6) is -0.102. The van der Waals surface area contributed by atoms with E-state index in [4.69, 9.17) is 16.0 Å². The lowest BCUT2D eigenvalue weighted by molar-refractivity contribution is -0.112. The average Bonchev–Trinajstić information content (AvgIpc) is 3.35. The highest BCUT2D eigenvalue weighted by Gasteiger charge is 2.23. The van der Waals surface area contributed by atoms with Gasteiger partial charge in [-0.3, -0.25) is 10.1 Å². The van der Waals surface area contributed by atoms with Crippen molar-refractivity contribution in [3.8, 4) is 17.4 Å². The Hall–Kier alpha value is -3.00. The molecule has 2 heterocycles. The van der Waals surface area contributed by atoms with Crippen LogP contribution in [0.5, 0.6) is 0 Å². The Labute approximate surface area is 188 Å². The summed E-state index contributed by atoms with van der Waals surface area (Å²) in [4.78, 5) is 16.3. The van der Waals surface area contributed by atoms with Crippen LogP contribution in [-0.2, 0) is 14.6 Å². The Kier molecular flexibility index (Phi) is 6.90. The van der Waals surface area contributed by atoms with Crippen LogP contribution in [0, 0.1) is 17.2 Å². The Bertz CT molecular complexity index is 1270. The number of sulfone groups is 1. The maximum absolute atomic E-state index is 12.4. The molecule has 8 nitrogen and oxygen atoms in total. The number of nitrogens with one attached hydrogen (secondary N) is 1. The van der Waals surface area contributed by atoms with Crippen molar-refractivity contribution >= 4 is 50.1 Å². The highest BCUT2D eigenvalue weighted by molar-refractivity contribution is 7.91. The Morgan fingerprint density at radius 3 is 2.65 bits per heavy atom. The SMILES string of the molecule is CC(C)CS(=O)(=O)c1nsc(NC(=O)C(C#N)=Cc2ccc(-c3ccc(Cl)cc3)o2)n1. The number of nitrogens with zero attached hydrogens (tertiary/aromatic N) is 3. The van der Waals surface area contributed by atoms with Crippen molar-refractivity contribution < 1.29 is 17.6 Å². The molecule has 0 bridgehead atoms. The molecule has 1 amide bonds. The minimum Gasteiger partial charge on any atom is -0.457 e. The smallest absolute Gasteiger partial charge is 0.268 e. The van der Waals surface area contributed by atoms with E-state index in [0.717, 1.165) is 17.1 Å². The maximum Gasteiger partial charge on any atom is 0.268 e. The summed E-state index contributed by atoms with van der Waals surface area (Å²) in [6.07, 6.45) is 1.28.